The van der Waals surface area contributed by atoms with Gasteiger partial charge in [-0.1, -0.05) is 20.8 Å². The van der Waals surface area contributed by atoms with Crippen LogP contribution in [0.4, 0.5) is 0 Å². The highest BCUT2D eigenvalue weighted by atomic mass is 16.5. The zero-order chi connectivity index (χ0) is 13.1. The largest absolute Gasteiger partial charge is 0.418 e. The lowest BCUT2D eigenvalue weighted by atomic mass is 10.4. The number of hydrogen-bond donors (Lipinski definition) is 0. The lowest BCUT2D eigenvalue weighted by Gasteiger charge is -2.02. The van der Waals surface area contributed by atoms with Crippen LogP contribution >= 0.6 is 0 Å². The summed E-state index contributed by atoms with van der Waals surface area (Å²) in [5, 5.41) is 0. The van der Waals surface area contributed by atoms with Gasteiger partial charge in [0.25, 0.3) is 0 Å². The van der Waals surface area contributed by atoms with Crippen molar-refractivity contribution >= 4 is 12.1 Å². The molecule has 1 aromatic rings. The van der Waals surface area contributed by atoms with Crippen molar-refractivity contribution in [2.75, 3.05) is 14.1 Å². The normalized spacial score (nSPS) is 11.0. The molecule has 1 heterocycles. The van der Waals surface area contributed by atoms with E-state index in [4.69, 9.17) is 4.74 Å². The molecule has 0 unspecified atom stereocenters. The van der Waals surface area contributed by atoms with Gasteiger partial charge in [0.1, 0.15) is 0 Å². The summed E-state index contributed by atoms with van der Waals surface area (Å²) in [5.41, 5.74) is 0.932. The third-order valence-corrected chi connectivity index (χ3v) is 1.71. The first-order chi connectivity index (χ1) is 8.30. The van der Waals surface area contributed by atoms with Crippen molar-refractivity contribution in [2.45, 2.75) is 27.2 Å². The molecule has 0 N–H and O–H groups in total. The Balaban J connectivity index is 0.00000121. The predicted molar refractivity (Wildman–Crippen MR) is 71.2 cm³/mol. The number of hydrogen-bond acceptors (Lipinski definition) is 5. The molecule has 94 valence electrons. The van der Waals surface area contributed by atoms with Crippen molar-refractivity contribution < 1.29 is 4.74 Å². The Morgan fingerprint density at radius 2 is 2.00 bits per heavy atom. The Hall–Kier alpha value is -1.78. The molecule has 0 radical (unpaired) electrons. The molecule has 1 rings (SSSR count). The van der Waals surface area contributed by atoms with Crippen LogP contribution in [0.3, 0.4) is 0 Å². The first kappa shape index (κ1) is 15.2. The van der Waals surface area contributed by atoms with E-state index in [1.165, 1.54) is 6.21 Å². The van der Waals surface area contributed by atoms with Gasteiger partial charge < -0.3 is 4.74 Å². The van der Waals surface area contributed by atoms with Gasteiger partial charge in [0, 0.05) is 14.1 Å². The first-order valence-electron chi connectivity index (χ1n) is 5.67. The Morgan fingerprint density at radius 3 is 2.41 bits per heavy atom. The molecule has 0 aliphatic carbocycles. The lowest BCUT2D eigenvalue weighted by Crippen LogP contribution is -2.11. The number of nitrogens with zero attached hydrogens (tertiary/aromatic N) is 4. The summed E-state index contributed by atoms with van der Waals surface area (Å²) in [5.74, 6) is 0.837. The van der Waals surface area contributed by atoms with E-state index in [1.807, 2.05) is 20.8 Å². The van der Waals surface area contributed by atoms with E-state index in [1.54, 1.807) is 26.5 Å². The minimum Gasteiger partial charge on any atom is -0.418 e. The van der Waals surface area contributed by atoms with E-state index in [0.717, 1.165) is 12.1 Å². The van der Waals surface area contributed by atoms with Crippen molar-refractivity contribution in [3.05, 3.63) is 18.1 Å². The van der Waals surface area contributed by atoms with Crippen molar-refractivity contribution in [1.29, 1.82) is 0 Å². The average Bonchev–Trinajstić information content (AvgIpc) is 2.41. The molecule has 17 heavy (non-hydrogen) atoms. The molecule has 0 saturated heterocycles. The number of aryl methyl sites for hydroxylation is 1. The zero-order valence-corrected chi connectivity index (χ0v) is 11.1. The summed E-state index contributed by atoms with van der Waals surface area (Å²) in [7, 11) is 3.28. The van der Waals surface area contributed by atoms with E-state index in [-0.39, 0.29) is 0 Å². The maximum Gasteiger partial charge on any atom is 0.239 e. The highest BCUT2D eigenvalue weighted by molar-refractivity contribution is 6.26. The Morgan fingerprint density at radius 1 is 1.29 bits per heavy atom. The molecule has 0 fully saturated rings. The number of rotatable bonds is 3. The summed E-state index contributed by atoms with van der Waals surface area (Å²) in [6.07, 6.45) is 5.65. The maximum absolute atomic E-state index is 5.33. The fourth-order valence-electron chi connectivity index (χ4n) is 0.926. The summed E-state index contributed by atoms with van der Waals surface area (Å²) in [4.78, 5) is 16.0. The molecular formula is C12H20N4O. The van der Waals surface area contributed by atoms with Gasteiger partial charge in [-0.15, -0.1) is 0 Å². The lowest BCUT2D eigenvalue weighted by molar-refractivity contribution is 0.531. The smallest absolute Gasteiger partial charge is 0.239 e. The average molecular weight is 236 g/mol. The first-order valence-corrected chi connectivity index (χ1v) is 5.67. The van der Waals surface area contributed by atoms with Gasteiger partial charge in [-0.25, -0.2) is 4.98 Å². The van der Waals surface area contributed by atoms with Crippen molar-refractivity contribution in [3.63, 3.8) is 0 Å². The molecule has 0 aliphatic rings. The van der Waals surface area contributed by atoms with E-state index in [0.29, 0.717) is 11.8 Å². The second-order valence-electron chi connectivity index (χ2n) is 2.75. The minimum absolute atomic E-state index is 0.413. The summed E-state index contributed by atoms with van der Waals surface area (Å²) < 4.78 is 5.33. The number of aliphatic imine (C=N–C) groups is 2. The van der Waals surface area contributed by atoms with Crippen LogP contribution in [0.15, 0.2) is 22.4 Å². The van der Waals surface area contributed by atoms with Crippen LogP contribution in [0.5, 0.6) is 5.88 Å². The minimum atomic E-state index is 0.413. The standard InChI is InChI=1S/C10H14N4O.C2H6/c1-4-8-5-14-10(7-13-8)15-9(12-3)6-11-2;1-2/h5-7H,4H2,1-3H3;1-2H3. The van der Waals surface area contributed by atoms with Crippen LogP contribution in [0.1, 0.15) is 26.5 Å². The van der Waals surface area contributed by atoms with Gasteiger partial charge in [0.05, 0.1) is 24.3 Å². The zero-order valence-electron chi connectivity index (χ0n) is 11.1. The van der Waals surface area contributed by atoms with Gasteiger partial charge in [0.15, 0.2) is 0 Å². The number of aromatic nitrogens is 2. The van der Waals surface area contributed by atoms with Gasteiger partial charge in [0.2, 0.25) is 11.8 Å². The highest BCUT2D eigenvalue weighted by Crippen LogP contribution is 2.04. The van der Waals surface area contributed by atoms with E-state index in [9.17, 15) is 0 Å². The quantitative estimate of drug-likeness (QED) is 0.597. The summed E-state index contributed by atoms with van der Waals surface area (Å²) >= 11 is 0. The second-order valence-corrected chi connectivity index (χ2v) is 2.75. The van der Waals surface area contributed by atoms with Crippen molar-refractivity contribution in [3.8, 4) is 5.88 Å². The SMILES string of the molecule is CC.CCc1cnc(OC(C=NC)=NC)cn1. The molecule has 0 saturated carbocycles. The van der Waals surface area contributed by atoms with Crippen LogP contribution in [0.2, 0.25) is 0 Å². The molecule has 0 bridgehead atoms. The van der Waals surface area contributed by atoms with Crippen LogP contribution < -0.4 is 4.74 Å². The molecule has 0 aliphatic heterocycles. The monoisotopic (exact) mass is 236 g/mol. The van der Waals surface area contributed by atoms with Crippen LogP contribution in [0, 0.1) is 0 Å². The Bertz CT molecular complexity index is 357. The fourth-order valence-corrected chi connectivity index (χ4v) is 0.926. The Labute approximate surface area is 103 Å². The molecular weight excluding hydrogens is 216 g/mol. The second kappa shape index (κ2) is 9.45. The molecule has 1 aromatic heterocycles. The van der Waals surface area contributed by atoms with Gasteiger partial charge in [-0.05, 0) is 6.42 Å². The van der Waals surface area contributed by atoms with Crippen LogP contribution in [-0.4, -0.2) is 36.2 Å². The highest BCUT2D eigenvalue weighted by Gasteiger charge is 2.00. The van der Waals surface area contributed by atoms with E-state index in [2.05, 4.69) is 20.0 Å². The third-order valence-electron chi connectivity index (χ3n) is 1.71. The molecule has 0 atom stereocenters. The molecule has 5 heteroatoms. The van der Waals surface area contributed by atoms with E-state index >= 15 is 0 Å². The van der Waals surface area contributed by atoms with Gasteiger partial charge >= 0.3 is 0 Å². The summed E-state index contributed by atoms with van der Waals surface area (Å²) in [6, 6.07) is 0. The third kappa shape index (κ3) is 5.75. The molecule has 0 amide bonds. The van der Waals surface area contributed by atoms with Crippen molar-refractivity contribution in [1.82, 2.24) is 9.97 Å². The number of ether oxygens (including phenoxy) is 1. The predicted octanol–water partition coefficient (Wildman–Crippen LogP) is 2.17. The van der Waals surface area contributed by atoms with Crippen molar-refractivity contribution in [2.24, 2.45) is 9.98 Å². The molecule has 0 aromatic carbocycles. The fraction of sp³-hybridized carbons (Fsp3) is 0.500. The molecule has 0 spiro atoms. The Kier molecular flexibility index (Phi) is 8.46. The van der Waals surface area contributed by atoms with E-state index < -0.39 is 0 Å². The summed E-state index contributed by atoms with van der Waals surface area (Å²) in [6.45, 7) is 6.02. The van der Waals surface area contributed by atoms with Crippen LogP contribution in [0.25, 0.3) is 0 Å². The van der Waals surface area contributed by atoms with Gasteiger partial charge in [-0.2, -0.15) is 0 Å². The van der Waals surface area contributed by atoms with Gasteiger partial charge in [-0.3, -0.25) is 15.0 Å². The van der Waals surface area contributed by atoms with Crippen LogP contribution in [-0.2, 0) is 6.42 Å². The topological polar surface area (TPSA) is 59.7 Å². The maximum atomic E-state index is 5.33. The molecule has 5 nitrogen and oxygen atoms in total.